The second-order valence-electron chi connectivity index (χ2n) is 6.77. The number of amides is 1. The molecule has 1 amide bonds. The Kier molecular flexibility index (Phi) is 7.53. The molecule has 24 heavy (non-hydrogen) atoms. The molecule has 1 aromatic carbocycles. The van der Waals surface area contributed by atoms with Crippen LogP contribution in [-0.4, -0.2) is 42.6 Å². The highest BCUT2D eigenvalue weighted by molar-refractivity contribution is 5.76. The fourth-order valence-corrected chi connectivity index (χ4v) is 3.13. The van der Waals surface area contributed by atoms with Crippen LogP contribution < -0.4 is 15.8 Å². The van der Waals surface area contributed by atoms with E-state index < -0.39 is 0 Å². The van der Waals surface area contributed by atoms with Gasteiger partial charge in [-0.25, -0.2) is 0 Å². The fourth-order valence-electron chi connectivity index (χ4n) is 3.13. The van der Waals surface area contributed by atoms with Crippen molar-refractivity contribution in [1.82, 2.24) is 10.2 Å². The van der Waals surface area contributed by atoms with E-state index in [1.54, 1.807) is 0 Å². The zero-order chi connectivity index (χ0) is 17.4. The minimum Gasteiger partial charge on any atom is -0.491 e. The first-order valence-electron chi connectivity index (χ1n) is 9.05. The molecule has 0 radical (unpaired) electrons. The van der Waals surface area contributed by atoms with Gasteiger partial charge in [-0.15, -0.1) is 0 Å². The number of piperidine rings is 1. The maximum absolute atomic E-state index is 11.7. The summed E-state index contributed by atoms with van der Waals surface area (Å²) in [5, 5.41) is 3.02. The van der Waals surface area contributed by atoms with Gasteiger partial charge in [0.2, 0.25) is 5.91 Å². The molecular formula is C19H31N3O2. The molecule has 1 saturated heterocycles. The first kappa shape index (κ1) is 18.7. The first-order valence-corrected chi connectivity index (χ1v) is 9.05. The monoisotopic (exact) mass is 333 g/mol. The van der Waals surface area contributed by atoms with Crippen LogP contribution in [-0.2, 0) is 11.3 Å². The van der Waals surface area contributed by atoms with Crippen LogP contribution in [0.3, 0.4) is 0 Å². The van der Waals surface area contributed by atoms with E-state index in [9.17, 15) is 4.79 Å². The van der Waals surface area contributed by atoms with Crippen molar-refractivity contribution in [3.63, 3.8) is 0 Å². The Labute approximate surface area is 145 Å². The lowest BCUT2D eigenvalue weighted by Crippen LogP contribution is -2.46. The molecular weight excluding hydrogens is 302 g/mol. The molecule has 1 atom stereocenters. The molecule has 134 valence electrons. The average Bonchev–Trinajstić information content (AvgIpc) is 2.56. The Morgan fingerprint density at radius 3 is 2.75 bits per heavy atom. The molecule has 0 aliphatic carbocycles. The van der Waals surface area contributed by atoms with Gasteiger partial charge in [0.15, 0.2) is 0 Å². The fraction of sp³-hybridized carbons (Fsp3) is 0.632. The Hall–Kier alpha value is -1.59. The molecule has 1 unspecified atom stereocenters. The maximum Gasteiger partial charge on any atom is 0.221 e. The summed E-state index contributed by atoms with van der Waals surface area (Å²) in [5.41, 5.74) is 6.71. The van der Waals surface area contributed by atoms with Gasteiger partial charge in [-0.2, -0.15) is 0 Å². The maximum atomic E-state index is 11.7. The van der Waals surface area contributed by atoms with Crippen molar-refractivity contribution in [2.24, 2.45) is 5.73 Å². The lowest BCUT2D eigenvalue weighted by molar-refractivity contribution is -0.121. The van der Waals surface area contributed by atoms with Crippen molar-refractivity contribution in [3.8, 4) is 5.75 Å². The number of ether oxygens (including phenoxy) is 1. The second kappa shape index (κ2) is 9.64. The quantitative estimate of drug-likeness (QED) is 0.766. The molecule has 1 fully saturated rings. The van der Waals surface area contributed by atoms with Crippen molar-refractivity contribution in [2.75, 3.05) is 19.6 Å². The standard InChI is InChI=1S/C19H31N3O2/c1-15(2)24-18-8-6-16(7-9-18)14-22-12-4-3-5-17(22)13-21-19(23)10-11-20/h6-9,15,17H,3-5,10-14,20H2,1-2H3,(H,21,23). The number of carbonyl (C=O) groups is 1. The van der Waals surface area contributed by atoms with Gasteiger partial charge in [0.05, 0.1) is 6.10 Å². The zero-order valence-corrected chi connectivity index (χ0v) is 15.0. The molecule has 0 aromatic heterocycles. The molecule has 5 nitrogen and oxygen atoms in total. The van der Waals surface area contributed by atoms with E-state index in [0.717, 1.165) is 25.3 Å². The van der Waals surface area contributed by atoms with Gasteiger partial charge in [0, 0.05) is 32.1 Å². The van der Waals surface area contributed by atoms with Gasteiger partial charge >= 0.3 is 0 Å². The van der Waals surface area contributed by atoms with E-state index >= 15 is 0 Å². The Morgan fingerprint density at radius 2 is 2.08 bits per heavy atom. The second-order valence-corrected chi connectivity index (χ2v) is 6.77. The summed E-state index contributed by atoms with van der Waals surface area (Å²) in [6.45, 7) is 7.19. The molecule has 2 rings (SSSR count). The number of carbonyl (C=O) groups excluding carboxylic acids is 1. The van der Waals surface area contributed by atoms with Crippen molar-refractivity contribution in [2.45, 2.75) is 58.2 Å². The largest absolute Gasteiger partial charge is 0.491 e. The van der Waals surface area contributed by atoms with Gasteiger partial charge in [0.25, 0.3) is 0 Å². The third-order valence-electron chi connectivity index (χ3n) is 4.34. The molecule has 1 aliphatic rings. The summed E-state index contributed by atoms with van der Waals surface area (Å²) in [4.78, 5) is 14.1. The van der Waals surface area contributed by atoms with Crippen molar-refractivity contribution in [3.05, 3.63) is 29.8 Å². The number of benzene rings is 1. The average molecular weight is 333 g/mol. The molecule has 0 bridgehead atoms. The smallest absolute Gasteiger partial charge is 0.221 e. The predicted octanol–water partition coefficient (Wildman–Crippen LogP) is 2.29. The molecule has 0 saturated carbocycles. The number of hydrogen-bond acceptors (Lipinski definition) is 4. The molecule has 3 N–H and O–H groups in total. The molecule has 5 heteroatoms. The van der Waals surface area contributed by atoms with E-state index in [1.807, 2.05) is 26.0 Å². The normalized spacial score (nSPS) is 18.6. The van der Waals surface area contributed by atoms with Crippen molar-refractivity contribution in [1.29, 1.82) is 0 Å². The zero-order valence-electron chi connectivity index (χ0n) is 15.0. The number of rotatable bonds is 8. The van der Waals surface area contributed by atoms with E-state index in [0.29, 0.717) is 25.6 Å². The van der Waals surface area contributed by atoms with Gasteiger partial charge < -0.3 is 15.8 Å². The highest BCUT2D eigenvalue weighted by atomic mass is 16.5. The van der Waals surface area contributed by atoms with Gasteiger partial charge in [0.1, 0.15) is 5.75 Å². The van der Waals surface area contributed by atoms with E-state index in [1.165, 1.54) is 18.4 Å². The van der Waals surface area contributed by atoms with Crippen LogP contribution in [0.5, 0.6) is 5.75 Å². The SMILES string of the molecule is CC(C)Oc1ccc(CN2CCCCC2CNC(=O)CCN)cc1. The molecule has 1 aromatic rings. The summed E-state index contributed by atoms with van der Waals surface area (Å²) in [5.74, 6) is 0.969. The van der Waals surface area contributed by atoms with Gasteiger partial charge in [-0.05, 0) is 50.9 Å². The number of nitrogens with zero attached hydrogens (tertiary/aromatic N) is 1. The van der Waals surface area contributed by atoms with E-state index in [-0.39, 0.29) is 12.0 Å². The minimum absolute atomic E-state index is 0.0539. The molecule has 0 spiro atoms. The van der Waals surface area contributed by atoms with Crippen LogP contribution in [0.1, 0.15) is 45.1 Å². The highest BCUT2D eigenvalue weighted by Crippen LogP contribution is 2.21. The Morgan fingerprint density at radius 1 is 1.33 bits per heavy atom. The number of hydrogen-bond donors (Lipinski definition) is 2. The number of nitrogens with one attached hydrogen (secondary N) is 1. The summed E-state index contributed by atoms with van der Waals surface area (Å²) in [7, 11) is 0. The van der Waals surface area contributed by atoms with Crippen LogP contribution in [0, 0.1) is 0 Å². The summed E-state index contributed by atoms with van der Waals surface area (Å²) in [6, 6.07) is 8.76. The van der Waals surface area contributed by atoms with Crippen molar-refractivity contribution < 1.29 is 9.53 Å². The third-order valence-corrected chi connectivity index (χ3v) is 4.34. The third kappa shape index (κ3) is 6.13. The first-order chi connectivity index (χ1) is 11.6. The van der Waals surface area contributed by atoms with E-state index in [4.69, 9.17) is 10.5 Å². The van der Waals surface area contributed by atoms with Crippen LogP contribution in [0.4, 0.5) is 0 Å². The molecule has 1 heterocycles. The highest BCUT2D eigenvalue weighted by Gasteiger charge is 2.22. The number of likely N-dealkylation sites (tertiary alicyclic amines) is 1. The van der Waals surface area contributed by atoms with E-state index in [2.05, 4.69) is 22.3 Å². The van der Waals surface area contributed by atoms with Crippen LogP contribution in [0.2, 0.25) is 0 Å². The van der Waals surface area contributed by atoms with Crippen LogP contribution >= 0.6 is 0 Å². The van der Waals surface area contributed by atoms with Crippen LogP contribution in [0.15, 0.2) is 24.3 Å². The van der Waals surface area contributed by atoms with Gasteiger partial charge in [-0.3, -0.25) is 9.69 Å². The molecule has 1 aliphatic heterocycles. The minimum atomic E-state index is 0.0539. The van der Waals surface area contributed by atoms with Crippen LogP contribution in [0.25, 0.3) is 0 Å². The summed E-state index contributed by atoms with van der Waals surface area (Å²) >= 11 is 0. The Balaban J connectivity index is 1.89. The lowest BCUT2D eigenvalue weighted by Gasteiger charge is -2.36. The summed E-state index contributed by atoms with van der Waals surface area (Å²) in [6.07, 6.45) is 4.19. The topological polar surface area (TPSA) is 67.6 Å². The lowest BCUT2D eigenvalue weighted by atomic mass is 10.0. The predicted molar refractivity (Wildman–Crippen MR) is 96.9 cm³/mol. The summed E-state index contributed by atoms with van der Waals surface area (Å²) < 4.78 is 5.70. The van der Waals surface area contributed by atoms with Crippen molar-refractivity contribution >= 4 is 5.91 Å². The number of nitrogens with two attached hydrogens (primary N) is 1. The van der Waals surface area contributed by atoms with Gasteiger partial charge in [-0.1, -0.05) is 18.6 Å². The Bertz CT molecular complexity index is 502.